The Hall–Kier alpha value is -1.17. The van der Waals surface area contributed by atoms with E-state index in [2.05, 4.69) is 29.1 Å². The van der Waals surface area contributed by atoms with Gasteiger partial charge >= 0.3 is 0 Å². The topological polar surface area (TPSA) is 72.0 Å². The molecule has 5 nitrogen and oxygen atoms in total. The summed E-state index contributed by atoms with van der Waals surface area (Å²) in [7, 11) is -3.10. The second kappa shape index (κ2) is 6.68. The zero-order chi connectivity index (χ0) is 13.6. The van der Waals surface area contributed by atoms with Crippen LogP contribution in [-0.2, 0) is 22.0 Å². The number of sulfone groups is 1. The van der Waals surface area contributed by atoms with Crippen LogP contribution in [0.1, 0.15) is 38.2 Å². The number of rotatable bonds is 7. The quantitative estimate of drug-likeness (QED) is 0.818. The first-order chi connectivity index (χ1) is 8.44. The van der Waals surface area contributed by atoms with E-state index in [4.69, 9.17) is 0 Å². The van der Waals surface area contributed by atoms with Gasteiger partial charge in [-0.3, -0.25) is 0 Å². The van der Waals surface area contributed by atoms with Gasteiger partial charge < -0.3 is 5.32 Å². The normalized spacial score (nSPS) is 11.5. The van der Waals surface area contributed by atoms with Crippen molar-refractivity contribution in [3.05, 3.63) is 17.6 Å². The minimum absolute atomic E-state index is 0.106. The summed E-state index contributed by atoms with van der Waals surface area (Å²) in [4.78, 5) is 8.52. The summed E-state index contributed by atoms with van der Waals surface area (Å²) < 4.78 is 22.6. The number of aromatic nitrogens is 2. The van der Waals surface area contributed by atoms with Gasteiger partial charge in [0.2, 0.25) is 0 Å². The smallest absolute Gasteiger partial charge is 0.154 e. The Morgan fingerprint density at radius 1 is 1.22 bits per heavy atom. The average molecular weight is 271 g/mol. The van der Waals surface area contributed by atoms with Gasteiger partial charge in [-0.2, -0.15) is 0 Å². The van der Waals surface area contributed by atoms with Crippen molar-refractivity contribution in [2.24, 2.45) is 0 Å². The molecule has 0 saturated heterocycles. The molecule has 1 N–H and O–H groups in total. The Morgan fingerprint density at radius 2 is 1.94 bits per heavy atom. The highest BCUT2D eigenvalue weighted by Crippen LogP contribution is 2.10. The van der Waals surface area contributed by atoms with Gasteiger partial charge in [-0.25, -0.2) is 18.4 Å². The molecule has 0 fully saturated rings. The van der Waals surface area contributed by atoms with Gasteiger partial charge in [0, 0.05) is 24.6 Å². The molecule has 0 aliphatic rings. The van der Waals surface area contributed by atoms with Crippen LogP contribution in [0.3, 0.4) is 0 Å². The molecule has 18 heavy (non-hydrogen) atoms. The van der Waals surface area contributed by atoms with E-state index in [-0.39, 0.29) is 5.75 Å². The molecule has 6 heteroatoms. The number of hydrogen-bond acceptors (Lipinski definition) is 5. The van der Waals surface area contributed by atoms with E-state index in [1.165, 1.54) is 6.26 Å². The lowest BCUT2D eigenvalue weighted by molar-refractivity contribution is 0.599. The third-order valence-electron chi connectivity index (χ3n) is 2.28. The molecule has 0 amide bonds. The lowest BCUT2D eigenvalue weighted by atomic mass is 10.2. The fraction of sp³-hybridized carbons (Fsp3) is 0.667. The van der Waals surface area contributed by atoms with Gasteiger partial charge in [-0.05, 0) is 12.8 Å². The molecule has 0 aromatic carbocycles. The lowest BCUT2D eigenvalue weighted by Crippen LogP contribution is -2.10. The fourth-order valence-corrected chi connectivity index (χ4v) is 2.18. The van der Waals surface area contributed by atoms with Crippen molar-refractivity contribution < 1.29 is 8.42 Å². The molecule has 0 aliphatic heterocycles. The van der Waals surface area contributed by atoms with Crippen molar-refractivity contribution in [1.82, 2.24) is 9.97 Å². The van der Waals surface area contributed by atoms with Crippen LogP contribution in [0.5, 0.6) is 0 Å². The zero-order valence-electron chi connectivity index (χ0n) is 11.2. The molecule has 1 rings (SSSR count). The fourth-order valence-electron chi connectivity index (χ4n) is 1.58. The zero-order valence-corrected chi connectivity index (χ0v) is 12.0. The standard InChI is InChI=1S/C12H21N3O2S/c1-4-6-10-8-11(13-7-5-2)15-12(14-10)9-18(3,16)17/h8H,4-7,9H2,1-3H3,(H,13,14,15). The van der Waals surface area contributed by atoms with Gasteiger partial charge in [-0.1, -0.05) is 20.3 Å². The highest BCUT2D eigenvalue weighted by molar-refractivity contribution is 7.89. The first-order valence-corrected chi connectivity index (χ1v) is 8.29. The number of aryl methyl sites for hydroxylation is 1. The van der Waals surface area contributed by atoms with Crippen LogP contribution >= 0.6 is 0 Å². The van der Waals surface area contributed by atoms with Gasteiger partial charge in [0.1, 0.15) is 17.4 Å². The first-order valence-electron chi connectivity index (χ1n) is 6.23. The largest absolute Gasteiger partial charge is 0.370 e. The van der Waals surface area contributed by atoms with Crippen LogP contribution in [0.4, 0.5) is 5.82 Å². The van der Waals surface area contributed by atoms with E-state index in [0.717, 1.165) is 31.5 Å². The summed E-state index contributed by atoms with van der Waals surface area (Å²) in [6.45, 7) is 4.96. The minimum Gasteiger partial charge on any atom is -0.370 e. The van der Waals surface area contributed by atoms with Crippen LogP contribution in [0.25, 0.3) is 0 Å². The molecule has 0 unspecified atom stereocenters. The SMILES string of the molecule is CCCNc1cc(CCC)nc(CS(C)(=O)=O)n1. The molecule has 102 valence electrons. The van der Waals surface area contributed by atoms with E-state index < -0.39 is 9.84 Å². The van der Waals surface area contributed by atoms with E-state index >= 15 is 0 Å². The predicted octanol–water partition coefficient (Wildman–Crippen LogP) is 1.80. The molecular formula is C12H21N3O2S. The number of nitrogens with zero attached hydrogens (tertiary/aromatic N) is 2. The summed E-state index contributed by atoms with van der Waals surface area (Å²) in [5.41, 5.74) is 0.893. The molecule has 0 aliphatic carbocycles. The number of anilines is 1. The molecule has 0 saturated carbocycles. The van der Waals surface area contributed by atoms with Crippen molar-refractivity contribution in [2.75, 3.05) is 18.1 Å². The molecule has 0 radical (unpaired) electrons. The highest BCUT2D eigenvalue weighted by atomic mass is 32.2. The van der Waals surface area contributed by atoms with Crippen LogP contribution < -0.4 is 5.32 Å². The van der Waals surface area contributed by atoms with Crippen LogP contribution in [0.2, 0.25) is 0 Å². The Bertz CT molecular complexity index is 486. The maximum atomic E-state index is 11.3. The van der Waals surface area contributed by atoms with Crippen molar-refractivity contribution in [1.29, 1.82) is 0 Å². The second-order valence-electron chi connectivity index (χ2n) is 4.41. The maximum absolute atomic E-state index is 11.3. The Morgan fingerprint density at radius 3 is 2.50 bits per heavy atom. The van der Waals surface area contributed by atoms with Crippen LogP contribution in [-0.4, -0.2) is 31.2 Å². The van der Waals surface area contributed by atoms with Gasteiger partial charge in [-0.15, -0.1) is 0 Å². The number of hydrogen-bond donors (Lipinski definition) is 1. The summed E-state index contributed by atoms with van der Waals surface area (Å²) in [5, 5.41) is 3.17. The molecule has 1 aromatic heterocycles. The van der Waals surface area contributed by atoms with Crippen molar-refractivity contribution in [3.63, 3.8) is 0 Å². The van der Waals surface area contributed by atoms with E-state index in [9.17, 15) is 8.42 Å². The molecular weight excluding hydrogens is 250 g/mol. The number of nitrogens with one attached hydrogen (secondary N) is 1. The summed E-state index contributed by atoms with van der Waals surface area (Å²) in [6.07, 6.45) is 4.00. The average Bonchev–Trinajstić information content (AvgIpc) is 2.24. The van der Waals surface area contributed by atoms with E-state index in [1.807, 2.05) is 6.07 Å². The maximum Gasteiger partial charge on any atom is 0.154 e. The summed E-state index contributed by atoms with van der Waals surface area (Å²) in [5.74, 6) is 0.988. The van der Waals surface area contributed by atoms with Crippen LogP contribution in [0, 0.1) is 0 Å². The Balaban J connectivity index is 2.97. The van der Waals surface area contributed by atoms with Gasteiger partial charge in [0.05, 0.1) is 0 Å². The highest BCUT2D eigenvalue weighted by Gasteiger charge is 2.10. The van der Waals surface area contributed by atoms with Gasteiger partial charge in [0.25, 0.3) is 0 Å². The third kappa shape index (κ3) is 5.44. The second-order valence-corrected chi connectivity index (χ2v) is 6.55. The van der Waals surface area contributed by atoms with Crippen LogP contribution in [0.15, 0.2) is 6.07 Å². The van der Waals surface area contributed by atoms with Crippen molar-refractivity contribution in [2.45, 2.75) is 38.9 Å². The first kappa shape index (κ1) is 14.9. The Labute approximate surface area is 109 Å². The van der Waals surface area contributed by atoms with E-state index in [1.54, 1.807) is 0 Å². The molecule has 0 atom stereocenters. The van der Waals surface area contributed by atoms with E-state index in [0.29, 0.717) is 11.6 Å². The molecule has 1 aromatic rings. The lowest BCUT2D eigenvalue weighted by Gasteiger charge is -2.08. The monoisotopic (exact) mass is 271 g/mol. The molecule has 0 bridgehead atoms. The summed E-state index contributed by atoms with van der Waals surface area (Å²) >= 11 is 0. The van der Waals surface area contributed by atoms with Crippen molar-refractivity contribution in [3.8, 4) is 0 Å². The van der Waals surface area contributed by atoms with Crippen molar-refractivity contribution >= 4 is 15.7 Å². The molecule has 0 spiro atoms. The molecule has 1 heterocycles. The Kier molecular flexibility index (Phi) is 5.53. The minimum atomic E-state index is -3.10. The third-order valence-corrected chi connectivity index (χ3v) is 3.06. The predicted molar refractivity (Wildman–Crippen MR) is 73.4 cm³/mol. The summed E-state index contributed by atoms with van der Waals surface area (Å²) in [6, 6.07) is 1.89. The van der Waals surface area contributed by atoms with Gasteiger partial charge in [0.15, 0.2) is 9.84 Å².